The zero-order valence-electron chi connectivity index (χ0n) is 13.9. The number of amides is 1. The van der Waals surface area contributed by atoms with Gasteiger partial charge in [-0.25, -0.2) is 0 Å². The SMILES string of the molecule is COc1ccc(Br)c(C(=O)NC(C)c2ccc(C(C)C)cc2)c1. The van der Waals surface area contributed by atoms with Gasteiger partial charge >= 0.3 is 0 Å². The molecular weight excluding hydrogens is 354 g/mol. The van der Waals surface area contributed by atoms with Gasteiger partial charge in [0.05, 0.1) is 18.7 Å². The normalized spacial score (nSPS) is 12.1. The molecular formula is C19H22BrNO2. The van der Waals surface area contributed by atoms with Gasteiger partial charge in [-0.1, -0.05) is 38.1 Å². The van der Waals surface area contributed by atoms with Crippen LogP contribution in [0.4, 0.5) is 0 Å². The maximum atomic E-state index is 12.5. The lowest BCUT2D eigenvalue weighted by atomic mass is 9.99. The summed E-state index contributed by atoms with van der Waals surface area (Å²) in [6, 6.07) is 13.7. The molecule has 23 heavy (non-hydrogen) atoms. The van der Waals surface area contributed by atoms with Crippen molar-refractivity contribution >= 4 is 21.8 Å². The lowest BCUT2D eigenvalue weighted by Crippen LogP contribution is -2.27. The third kappa shape index (κ3) is 4.35. The van der Waals surface area contributed by atoms with Gasteiger partial charge in [-0.15, -0.1) is 0 Å². The van der Waals surface area contributed by atoms with Crippen LogP contribution in [0.1, 0.15) is 54.2 Å². The maximum Gasteiger partial charge on any atom is 0.253 e. The molecule has 1 N–H and O–H groups in total. The van der Waals surface area contributed by atoms with E-state index in [2.05, 4.69) is 59.4 Å². The first-order valence-corrected chi connectivity index (χ1v) is 8.46. The molecule has 0 radical (unpaired) electrons. The van der Waals surface area contributed by atoms with E-state index in [9.17, 15) is 4.79 Å². The fourth-order valence-electron chi connectivity index (χ4n) is 2.33. The highest BCUT2D eigenvalue weighted by Crippen LogP contribution is 2.24. The summed E-state index contributed by atoms with van der Waals surface area (Å²) in [5.41, 5.74) is 2.94. The summed E-state index contributed by atoms with van der Waals surface area (Å²) >= 11 is 3.42. The number of benzene rings is 2. The number of nitrogens with one attached hydrogen (secondary N) is 1. The quantitative estimate of drug-likeness (QED) is 0.791. The zero-order valence-corrected chi connectivity index (χ0v) is 15.5. The van der Waals surface area contributed by atoms with E-state index >= 15 is 0 Å². The number of hydrogen-bond donors (Lipinski definition) is 1. The van der Waals surface area contributed by atoms with Crippen molar-refractivity contribution in [2.45, 2.75) is 32.7 Å². The topological polar surface area (TPSA) is 38.3 Å². The number of carbonyl (C=O) groups excluding carboxylic acids is 1. The highest BCUT2D eigenvalue weighted by atomic mass is 79.9. The van der Waals surface area contributed by atoms with Crippen LogP contribution < -0.4 is 10.1 Å². The van der Waals surface area contributed by atoms with E-state index in [1.165, 1.54) is 5.56 Å². The van der Waals surface area contributed by atoms with Crippen LogP contribution in [0.15, 0.2) is 46.9 Å². The minimum atomic E-state index is -0.129. The largest absolute Gasteiger partial charge is 0.497 e. The Morgan fingerprint density at radius 3 is 2.22 bits per heavy atom. The second-order valence-corrected chi connectivity index (χ2v) is 6.72. The van der Waals surface area contributed by atoms with Gasteiger partial charge in [-0.2, -0.15) is 0 Å². The van der Waals surface area contributed by atoms with Crippen LogP contribution in [0.25, 0.3) is 0 Å². The number of ether oxygens (including phenoxy) is 1. The molecule has 1 unspecified atom stereocenters. The molecule has 2 aromatic carbocycles. The van der Waals surface area contributed by atoms with Gasteiger partial charge in [0.25, 0.3) is 5.91 Å². The van der Waals surface area contributed by atoms with E-state index < -0.39 is 0 Å². The van der Waals surface area contributed by atoms with Crippen molar-refractivity contribution in [1.82, 2.24) is 5.32 Å². The molecule has 0 aliphatic rings. The Balaban J connectivity index is 2.13. The van der Waals surface area contributed by atoms with Gasteiger partial charge in [0.1, 0.15) is 5.75 Å². The molecule has 0 aromatic heterocycles. The van der Waals surface area contributed by atoms with Crippen LogP contribution in [0.3, 0.4) is 0 Å². The Morgan fingerprint density at radius 2 is 1.65 bits per heavy atom. The van der Waals surface area contributed by atoms with Gasteiger partial charge in [-0.3, -0.25) is 4.79 Å². The third-order valence-corrected chi connectivity index (χ3v) is 4.56. The smallest absolute Gasteiger partial charge is 0.253 e. The molecule has 0 heterocycles. The summed E-state index contributed by atoms with van der Waals surface area (Å²) < 4.78 is 5.93. The number of hydrogen-bond acceptors (Lipinski definition) is 2. The molecule has 0 aliphatic heterocycles. The fraction of sp³-hybridized carbons (Fsp3) is 0.316. The number of carbonyl (C=O) groups is 1. The number of halogens is 1. The van der Waals surface area contributed by atoms with Crippen LogP contribution in [0.5, 0.6) is 5.75 Å². The summed E-state index contributed by atoms with van der Waals surface area (Å²) in [4.78, 5) is 12.5. The van der Waals surface area contributed by atoms with Crippen LogP contribution in [-0.4, -0.2) is 13.0 Å². The predicted molar refractivity (Wildman–Crippen MR) is 97.1 cm³/mol. The molecule has 3 nitrogen and oxygen atoms in total. The first-order valence-electron chi connectivity index (χ1n) is 7.66. The molecule has 2 aromatic rings. The minimum Gasteiger partial charge on any atom is -0.497 e. The molecule has 0 bridgehead atoms. The Hall–Kier alpha value is -1.81. The third-order valence-electron chi connectivity index (χ3n) is 3.87. The number of methoxy groups -OCH3 is 1. The Bertz CT molecular complexity index is 680. The van der Waals surface area contributed by atoms with E-state index in [-0.39, 0.29) is 11.9 Å². The van der Waals surface area contributed by atoms with Crippen LogP contribution in [0, 0.1) is 0 Å². The van der Waals surface area contributed by atoms with Gasteiger partial charge in [0, 0.05) is 4.47 Å². The van der Waals surface area contributed by atoms with E-state index in [1.54, 1.807) is 13.2 Å². The monoisotopic (exact) mass is 375 g/mol. The summed E-state index contributed by atoms with van der Waals surface area (Å²) in [5.74, 6) is 1.03. The van der Waals surface area contributed by atoms with Crippen molar-refractivity contribution in [2.75, 3.05) is 7.11 Å². The van der Waals surface area contributed by atoms with E-state index in [4.69, 9.17) is 4.74 Å². The Labute approximate surface area is 146 Å². The van der Waals surface area contributed by atoms with Crippen molar-refractivity contribution in [2.24, 2.45) is 0 Å². The second kappa shape index (κ2) is 7.64. The second-order valence-electron chi connectivity index (χ2n) is 5.86. The molecule has 1 atom stereocenters. The lowest BCUT2D eigenvalue weighted by molar-refractivity contribution is 0.0938. The van der Waals surface area contributed by atoms with Crippen LogP contribution >= 0.6 is 15.9 Å². The van der Waals surface area contributed by atoms with E-state index in [0.717, 1.165) is 10.0 Å². The van der Waals surface area contributed by atoms with E-state index in [0.29, 0.717) is 17.2 Å². The van der Waals surface area contributed by atoms with E-state index in [1.807, 2.05) is 19.1 Å². The van der Waals surface area contributed by atoms with Gasteiger partial charge < -0.3 is 10.1 Å². The first kappa shape index (κ1) is 17.5. The standard InChI is InChI=1S/C19H22BrNO2/c1-12(2)14-5-7-15(8-6-14)13(3)21-19(22)17-11-16(23-4)9-10-18(17)20/h5-13H,1-4H3,(H,21,22). The van der Waals surface area contributed by atoms with Crippen molar-refractivity contribution in [1.29, 1.82) is 0 Å². The number of rotatable bonds is 5. The average molecular weight is 376 g/mol. The molecule has 0 fully saturated rings. The first-order chi connectivity index (χ1) is 10.9. The summed E-state index contributed by atoms with van der Waals surface area (Å²) in [6.45, 7) is 6.32. The Kier molecular flexibility index (Phi) is 5.83. The fourth-order valence-corrected chi connectivity index (χ4v) is 2.76. The summed E-state index contributed by atoms with van der Waals surface area (Å²) in [6.07, 6.45) is 0. The summed E-state index contributed by atoms with van der Waals surface area (Å²) in [7, 11) is 1.59. The highest BCUT2D eigenvalue weighted by Gasteiger charge is 2.15. The average Bonchev–Trinajstić information content (AvgIpc) is 2.55. The Morgan fingerprint density at radius 1 is 1.04 bits per heavy atom. The molecule has 0 saturated carbocycles. The predicted octanol–water partition coefficient (Wildman–Crippen LogP) is 5.07. The van der Waals surface area contributed by atoms with Gasteiger partial charge in [0.2, 0.25) is 0 Å². The molecule has 0 spiro atoms. The zero-order chi connectivity index (χ0) is 17.0. The maximum absolute atomic E-state index is 12.5. The highest BCUT2D eigenvalue weighted by molar-refractivity contribution is 9.10. The van der Waals surface area contributed by atoms with Crippen molar-refractivity contribution in [3.8, 4) is 5.75 Å². The van der Waals surface area contributed by atoms with Crippen LogP contribution in [-0.2, 0) is 0 Å². The summed E-state index contributed by atoms with van der Waals surface area (Å²) in [5, 5.41) is 3.03. The molecule has 0 saturated heterocycles. The van der Waals surface area contributed by atoms with Gasteiger partial charge in [-0.05, 0) is 58.1 Å². The minimum absolute atomic E-state index is 0.0678. The molecule has 122 valence electrons. The van der Waals surface area contributed by atoms with Crippen molar-refractivity contribution < 1.29 is 9.53 Å². The van der Waals surface area contributed by atoms with Crippen molar-refractivity contribution in [3.63, 3.8) is 0 Å². The lowest BCUT2D eigenvalue weighted by Gasteiger charge is -2.16. The molecule has 1 amide bonds. The molecule has 4 heteroatoms. The van der Waals surface area contributed by atoms with Crippen LogP contribution in [0.2, 0.25) is 0 Å². The molecule has 2 rings (SSSR count). The molecule has 0 aliphatic carbocycles. The van der Waals surface area contributed by atoms with Crippen molar-refractivity contribution in [3.05, 3.63) is 63.6 Å². The van der Waals surface area contributed by atoms with Gasteiger partial charge in [0.15, 0.2) is 0 Å².